The fraction of sp³-hybridized carbons (Fsp3) is 0.500. The van der Waals surface area contributed by atoms with Crippen LogP contribution >= 0.6 is 0 Å². The number of esters is 1. The first kappa shape index (κ1) is 16.7. The molecular formula is C14H21NO4S. The summed E-state index contributed by atoms with van der Waals surface area (Å²) in [6.45, 7) is 7.37. The lowest BCUT2D eigenvalue weighted by atomic mass is 10.1. The average Bonchev–Trinajstić information content (AvgIpc) is 2.37. The van der Waals surface area contributed by atoms with Gasteiger partial charge < -0.3 is 4.74 Å². The van der Waals surface area contributed by atoms with E-state index in [0.29, 0.717) is 5.56 Å². The minimum Gasteiger partial charge on any atom is -0.465 e. The number of carbonyl (C=O) groups excluding carboxylic acids is 1. The Morgan fingerprint density at radius 2 is 1.85 bits per heavy atom. The summed E-state index contributed by atoms with van der Waals surface area (Å²) in [5.74, 6) is -0.382. The van der Waals surface area contributed by atoms with Crippen molar-refractivity contribution in [1.29, 1.82) is 0 Å². The largest absolute Gasteiger partial charge is 0.465 e. The predicted octanol–water partition coefficient (Wildman–Crippen LogP) is 2.10. The Bertz CT molecular complexity index is 593. The number of rotatable bonds is 5. The molecule has 0 bridgehead atoms. The molecule has 0 amide bonds. The van der Waals surface area contributed by atoms with E-state index in [4.69, 9.17) is 0 Å². The van der Waals surface area contributed by atoms with Crippen LogP contribution in [0.1, 0.15) is 36.7 Å². The molecule has 0 heterocycles. The molecule has 0 aliphatic rings. The first-order valence-corrected chi connectivity index (χ1v) is 7.88. The van der Waals surface area contributed by atoms with Gasteiger partial charge in [0, 0.05) is 6.04 Å². The average molecular weight is 299 g/mol. The van der Waals surface area contributed by atoms with Crippen molar-refractivity contribution in [2.24, 2.45) is 5.92 Å². The molecule has 5 nitrogen and oxygen atoms in total. The van der Waals surface area contributed by atoms with Crippen LogP contribution in [0.3, 0.4) is 0 Å². The maximum atomic E-state index is 12.4. The minimum atomic E-state index is -3.66. The zero-order valence-electron chi connectivity index (χ0n) is 12.4. The molecule has 0 radical (unpaired) electrons. The second kappa shape index (κ2) is 6.37. The third-order valence-corrected chi connectivity index (χ3v) is 4.94. The van der Waals surface area contributed by atoms with Gasteiger partial charge in [0.2, 0.25) is 10.0 Å². The highest BCUT2D eigenvalue weighted by Crippen LogP contribution is 2.19. The maximum Gasteiger partial charge on any atom is 0.337 e. The van der Waals surface area contributed by atoms with Gasteiger partial charge in [-0.1, -0.05) is 19.9 Å². The minimum absolute atomic E-state index is 0.105. The highest BCUT2D eigenvalue weighted by atomic mass is 32.2. The molecule has 1 aromatic carbocycles. The Balaban J connectivity index is 3.20. The highest BCUT2D eigenvalue weighted by Gasteiger charge is 2.22. The van der Waals surface area contributed by atoms with Gasteiger partial charge in [-0.25, -0.2) is 17.9 Å². The molecule has 0 aliphatic heterocycles. The zero-order chi connectivity index (χ0) is 15.5. The van der Waals surface area contributed by atoms with Crippen LogP contribution in [-0.2, 0) is 14.8 Å². The van der Waals surface area contributed by atoms with Crippen molar-refractivity contribution in [3.63, 3.8) is 0 Å². The molecule has 1 rings (SSSR count). The van der Waals surface area contributed by atoms with Gasteiger partial charge in [-0.05, 0) is 37.5 Å². The summed E-state index contributed by atoms with van der Waals surface area (Å²) in [7, 11) is -2.40. The Kier molecular flexibility index (Phi) is 5.30. The molecular weight excluding hydrogens is 278 g/mol. The number of sulfonamides is 1. The zero-order valence-corrected chi connectivity index (χ0v) is 13.2. The van der Waals surface area contributed by atoms with Crippen molar-refractivity contribution < 1.29 is 17.9 Å². The molecule has 20 heavy (non-hydrogen) atoms. The fourth-order valence-electron chi connectivity index (χ4n) is 1.58. The van der Waals surface area contributed by atoms with Crippen LogP contribution in [0.4, 0.5) is 0 Å². The van der Waals surface area contributed by atoms with Crippen LogP contribution in [0, 0.1) is 12.8 Å². The molecule has 1 unspecified atom stereocenters. The number of aryl methyl sites for hydroxylation is 1. The smallest absolute Gasteiger partial charge is 0.337 e. The van der Waals surface area contributed by atoms with E-state index < -0.39 is 16.0 Å². The molecule has 0 saturated carbocycles. The van der Waals surface area contributed by atoms with Crippen LogP contribution in [-0.4, -0.2) is 27.5 Å². The SMILES string of the molecule is COC(=O)c1ccc(C)c(S(=O)(=O)NC(C)C(C)C)c1. The molecule has 1 N–H and O–H groups in total. The number of hydrogen-bond acceptors (Lipinski definition) is 4. The highest BCUT2D eigenvalue weighted by molar-refractivity contribution is 7.89. The van der Waals surface area contributed by atoms with Crippen molar-refractivity contribution in [2.75, 3.05) is 7.11 Å². The van der Waals surface area contributed by atoms with Crippen LogP contribution in [0.2, 0.25) is 0 Å². The van der Waals surface area contributed by atoms with Gasteiger partial charge in [-0.2, -0.15) is 0 Å². The Labute approximate surface area is 120 Å². The molecule has 0 saturated heterocycles. The first-order chi connectivity index (χ1) is 9.19. The number of carbonyl (C=O) groups is 1. The van der Waals surface area contributed by atoms with Crippen LogP contribution in [0.15, 0.2) is 23.1 Å². The van der Waals surface area contributed by atoms with Gasteiger partial charge in [0.05, 0.1) is 17.6 Å². The van der Waals surface area contributed by atoms with E-state index in [-0.39, 0.29) is 22.4 Å². The lowest BCUT2D eigenvalue weighted by molar-refractivity contribution is 0.0600. The number of methoxy groups -OCH3 is 1. The van der Waals surface area contributed by atoms with Crippen LogP contribution in [0.5, 0.6) is 0 Å². The van der Waals surface area contributed by atoms with Gasteiger partial charge >= 0.3 is 5.97 Å². The standard InChI is InChI=1S/C14H21NO4S/c1-9(2)11(4)15-20(17,18)13-8-12(14(16)19-5)7-6-10(13)3/h6-9,11,15H,1-5H3. The predicted molar refractivity (Wildman–Crippen MR) is 77.1 cm³/mol. The van der Waals surface area contributed by atoms with E-state index >= 15 is 0 Å². The third-order valence-electron chi connectivity index (χ3n) is 3.24. The summed E-state index contributed by atoms with van der Waals surface area (Å²) in [5.41, 5.74) is 0.803. The van der Waals surface area contributed by atoms with Gasteiger partial charge in [0.25, 0.3) is 0 Å². The molecule has 0 aromatic heterocycles. The third kappa shape index (κ3) is 3.80. The van der Waals surface area contributed by atoms with Crippen molar-refractivity contribution in [3.8, 4) is 0 Å². The second-order valence-corrected chi connectivity index (χ2v) is 6.81. The summed E-state index contributed by atoms with van der Waals surface area (Å²) >= 11 is 0. The summed E-state index contributed by atoms with van der Waals surface area (Å²) in [6, 6.07) is 4.30. The molecule has 0 spiro atoms. The molecule has 1 atom stereocenters. The van der Waals surface area contributed by atoms with Gasteiger partial charge in [0.1, 0.15) is 0 Å². The van der Waals surface area contributed by atoms with E-state index in [9.17, 15) is 13.2 Å². The van der Waals surface area contributed by atoms with Gasteiger partial charge in [-0.15, -0.1) is 0 Å². The number of ether oxygens (including phenoxy) is 1. The first-order valence-electron chi connectivity index (χ1n) is 6.40. The second-order valence-electron chi connectivity index (χ2n) is 5.13. The monoisotopic (exact) mass is 299 g/mol. The lowest BCUT2D eigenvalue weighted by Crippen LogP contribution is -2.36. The summed E-state index contributed by atoms with van der Waals surface area (Å²) in [5, 5.41) is 0. The molecule has 1 aromatic rings. The molecule has 0 fully saturated rings. The Morgan fingerprint density at radius 1 is 1.25 bits per heavy atom. The van der Waals surface area contributed by atoms with E-state index in [1.807, 2.05) is 20.8 Å². The van der Waals surface area contributed by atoms with Crippen molar-refractivity contribution in [1.82, 2.24) is 4.72 Å². The Hall–Kier alpha value is -1.40. The number of hydrogen-bond donors (Lipinski definition) is 1. The van der Waals surface area contributed by atoms with Crippen LogP contribution in [0.25, 0.3) is 0 Å². The summed E-state index contributed by atoms with van der Waals surface area (Å²) in [4.78, 5) is 11.6. The molecule has 112 valence electrons. The van der Waals surface area contributed by atoms with Gasteiger partial charge in [-0.3, -0.25) is 0 Å². The normalized spacial score (nSPS) is 13.3. The summed E-state index contributed by atoms with van der Waals surface area (Å²) < 4.78 is 32.0. The van der Waals surface area contributed by atoms with Crippen LogP contribution < -0.4 is 4.72 Å². The summed E-state index contributed by atoms with van der Waals surface area (Å²) in [6.07, 6.45) is 0. The lowest BCUT2D eigenvalue weighted by Gasteiger charge is -2.18. The van der Waals surface area contributed by atoms with Gasteiger partial charge in [0.15, 0.2) is 0 Å². The molecule has 0 aliphatic carbocycles. The number of nitrogens with one attached hydrogen (secondary N) is 1. The number of benzene rings is 1. The fourth-order valence-corrected chi connectivity index (χ4v) is 3.24. The van der Waals surface area contributed by atoms with E-state index in [2.05, 4.69) is 9.46 Å². The van der Waals surface area contributed by atoms with Crippen molar-refractivity contribution >= 4 is 16.0 Å². The Morgan fingerprint density at radius 3 is 2.35 bits per heavy atom. The van der Waals surface area contributed by atoms with E-state index in [1.54, 1.807) is 19.1 Å². The van der Waals surface area contributed by atoms with Crippen molar-refractivity contribution in [2.45, 2.75) is 38.6 Å². The topological polar surface area (TPSA) is 72.5 Å². The maximum absolute atomic E-state index is 12.4. The molecule has 6 heteroatoms. The van der Waals surface area contributed by atoms with Crippen molar-refractivity contribution in [3.05, 3.63) is 29.3 Å². The van der Waals surface area contributed by atoms with E-state index in [1.165, 1.54) is 13.2 Å². The van der Waals surface area contributed by atoms with E-state index in [0.717, 1.165) is 0 Å². The quantitative estimate of drug-likeness (QED) is 0.845.